The number of nitrogens with one attached hydrogen (secondary N) is 1. The molecule has 0 aliphatic heterocycles. The molecule has 0 bridgehead atoms. The molecule has 0 aromatic heterocycles. The first-order chi connectivity index (χ1) is 11.7. The first-order valence-corrected chi connectivity index (χ1v) is 9.28. The van der Waals surface area contributed by atoms with Gasteiger partial charge in [0.15, 0.2) is 0 Å². The summed E-state index contributed by atoms with van der Waals surface area (Å²) in [5, 5.41) is 2.72. The number of alkyl carbamates (subject to hydrolysis) is 1. The molecule has 1 amide bonds. The van der Waals surface area contributed by atoms with Crippen LogP contribution in [0.2, 0.25) is 0 Å². The van der Waals surface area contributed by atoms with E-state index in [9.17, 15) is 9.59 Å². The second kappa shape index (κ2) is 10.5. The van der Waals surface area contributed by atoms with E-state index in [0.29, 0.717) is 24.5 Å². The van der Waals surface area contributed by atoms with Crippen LogP contribution in [0, 0.1) is 3.57 Å². The van der Waals surface area contributed by atoms with E-state index in [-0.39, 0.29) is 0 Å². The molecule has 0 aliphatic carbocycles. The van der Waals surface area contributed by atoms with Crippen molar-refractivity contribution in [2.45, 2.75) is 45.6 Å². The Bertz CT molecular complexity index is 583. The monoisotopic (exact) mass is 463 g/mol. The Morgan fingerprint density at radius 3 is 2.52 bits per heavy atom. The van der Waals surface area contributed by atoms with E-state index in [1.807, 2.05) is 32.9 Å². The highest BCUT2D eigenvalue weighted by atomic mass is 127. The Kier molecular flexibility index (Phi) is 9.02. The summed E-state index contributed by atoms with van der Waals surface area (Å²) >= 11 is 2.17. The van der Waals surface area contributed by atoms with Gasteiger partial charge in [0.05, 0.1) is 13.7 Å². The topological polar surface area (TPSA) is 73.9 Å². The Morgan fingerprint density at radius 2 is 1.88 bits per heavy atom. The summed E-state index contributed by atoms with van der Waals surface area (Å²) in [6.45, 7) is 6.55. The lowest BCUT2D eigenvalue weighted by Crippen LogP contribution is -2.33. The Balaban J connectivity index is 2.27. The van der Waals surface area contributed by atoms with Gasteiger partial charge in [-0.05, 0) is 80.8 Å². The molecule has 1 N–H and O–H groups in total. The van der Waals surface area contributed by atoms with Gasteiger partial charge in [-0.1, -0.05) is 0 Å². The van der Waals surface area contributed by atoms with Crippen LogP contribution in [-0.4, -0.2) is 37.9 Å². The van der Waals surface area contributed by atoms with E-state index in [0.717, 1.165) is 22.8 Å². The lowest BCUT2D eigenvalue weighted by molar-refractivity contribution is 0.0525. The molecule has 6 nitrogen and oxygen atoms in total. The summed E-state index contributed by atoms with van der Waals surface area (Å²) in [4.78, 5) is 23.2. The predicted octanol–water partition coefficient (Wildman–Crippen LogP) is 4.15. The highest BCUT2D eigenvalue weighted by Gasteiger charge is 2.15. The average Bonchev–Trinajstić information content (AvgIpc) is 2.51. The highest BCUT2D eigenvalue weighted by Crippen LogP contribution is 2.22. The van der Waals surface area contributed by atoms with Gasteiger partial charge in [-0.15, -0.1) is 0 Å². The first-order valence-electron chi connectivity index (χ1n) is 8.20. The molecule has 0 spiro atoms. The summed E-state index contributed by atoms with van der Waals surface area (Å²) in [6, 6.07) is 5.35. The second-order valence-electron chi connectivity index (χ2n) is 6.47. The van der Waals surface area contributed by atoms with E-state index in [1.165, 1.54) is 7.11 Å². The minimum Gasteiger partial charge on any atom is -0.493 e. The molecule has 0 aliphatic rings. The zero-order chi connectivity index (χ0) is 18.9. The fourth-order valence-corrected chi connectivity index (χ4v) is 2.45. The van der Waals surface area contributed by atoms with Crippen molar-refractivity contribution in [1.82, 2.24) is 5.32 Å². The molecule has 0 saturated carbocycles. The third-order valence-corrected chi connectivity index (χ3v) is 3.77. The number of hydrogen-bond acceptors (Lipinski definition) is 5. The highest BCUT2D eigenvalue weighted by molar-refractivity contribution is 14.1. The smallest absolute Gasteiger partial charge is 0.407 e. The van der Waals surface area contributed by atoms with Crippen LogP contribution in [0.3, 0.4) is 0 Å². The number of hydrogen-bond donors (Lipinski definition) is 1. The van der Waals surface area contributed by atoms with Crippen LogP contribution in [0.25, 0.3) is 0 Å². The first kappa shape index (κ1) is 21.5. The van der Waals surface area contributed by atoms with Crippen LogP contribution >= 0.6 is 22.6 Å². The molecule has 140 valence electrons. The van der Waals surface area contributed by atoms with E-state index in [4.69, 9.17) is 14.2 Å². The van der Waals surface area contributed by atoms with Crippen LogP contribution in [0.5, 0.6) is 5.75 Å². The standard InChI is InChI=1S/C18H26INO5/c1-18(2,3)25-17(22)20-10-6-5-7-11-24-15-12-13(19)8-9-14(15)16(21)23-4/h8-9,12H,5-7,10-11H2,1-4H3,(H,20,22). The summed E-state index contributed by atoms with van der Waals surface area (Å²) < 4.78 is 16.6. The zero-order valence-corrected chi connectivity index (χ0v) is 17.3. The van der Waals surface area contributed by atoms with Gasteiger partial charge in [0.1, 0.15) is 16.9 Å². The number of carbonyl (C=O) groups excluding carboxylic acids is 2. The molecular formula is C18H26INO5. The predicted molar refractivity (Wildman–Crippen MR) is 104 cm³/mol. The van der Waals surface area contributed by atoms with Gasteiger partial charge < -0.3 is 19.5 Å². The van der Waals surface area contributed by atoms with E-state index in [1.54, 1.807) is 6.07 Å². The van der Waals surface area contributed by atoms with Crippen molar-refractivity contribution < 1.29 is 23.8 Å². The maximum Gasteiger partial charge on any atom is 0.407 e. The van der Waals surface area contributed by atoms with Crippen molar-refractivity contribution in [2.24, 2.45) is 0 Å². The molecule has 1 aromatic rings. The molecule has 1 rings (SSSR count). The van der Waals surface area contributed by atoms with Crippen LogP contribution < -0.4 is 10.1 Å². The summed E-state index contributed by atoms with van der Waals surface area (Å²) in [6.07, 6.45) is 2.15. The van der Waals surface area contributed by atoms with Crippen molar-refractivity contribution in [2.75, 3.05) is 20.3 Å². The Hall–Kier alpha value is -1.51. The second-order valence-corrected chi connectivity index (χ2v) is 7.72. The van der Waals surface area contributed by atoms with Gasteiger partial charge in [0.2, 0.25) is 0 Å². The Labute approximate surface area is 162 Å². The van der Waals surface area contributed by atoms with E-state index < -0.39 is 17.7 Å². The molecule has 0 unspecified atom stereocenters. The van der Waals surface area contributed by atoms with Gasteiger partial charge in [-0.2, -0.15) is 0 Å². The molecule has 0 atom stereocenters. The lowest BCUT2D eigenvalue weighted by Gasteiger charge is -2.19. The quantitative estimate of drug-likeness (QED) is 0.356. The van der Waals surface area contributed by atoms with Crippen molar-refractivity contribution in [1.29, 1.82) is 0 Å². The van der Waals surface area contributed by atoms with Gasteiger partial charge in [0.25, 0.3) is 0 Å². The molecule has 0 radical (unpaired) electrons. The molecule has 0 saturated heterocycles. The summed E-state index contributed by atoms with van der Waals surface area (Å²) in [7, 11) is 1.35. The number of ether oxygens (including phenoxy) is 3. The SMILES string of the molecule is COC(=O)c1ccc(I)cc1OCCCCCNC(=O)OC(C)(C)C. The number of esters is 1. The maximum atomic E-state index is 11.7. The van der Waals surface area contributed by atoms with Gasteiger partial charge >= 0.3 is 12.1 Å². The van der Waals surface area contributed by atoms with Crippen LogP contribution in [0.1, 0.15) is 50.4 Å². The minimum absolute atomic E-state index is 0.398. The number of methoxy groups -OCH3 is 1. The summed E-state index contributed by atoms with van der Waals surface area (Å²) in [5.41, 5.74) is -0.0582. The molecular weight excluding hydrogens is 437 g/mol. The molecule has 7 heteroatoms. The van der Waals surface area contributed by atoms with Gasteiger partial charge in [0, 0.05) is 10.1 Å². The molecule has 0 heterocycles. The van der Waals surface area contributed by atoms with E-state index >= 15 is 0 Å². The number of rotatable bonds is 8. The van der Waals surface area contributed by atoms with Gasteiger partial charge in [-0.3, -0.25) is 0 Å². The van der Waals surface area contributed by atoms with Gasteiger partial charge in [-0.25, -0.2) is 9.59 Å². The van der Waals surface area contributed by atoms with Crippen LogP contribution in [0.4, 0.5) is 4.79 Å². The minimum atomic E-state index is -0.484. The number of amides is 1. The van der Waals surface area contributed by atoms with Crippen LogP contribution in [-0.2, 0) is 9.47 Å². The normalized spacial score (nSPS) is 10.9. The zero-order valence-electron chi connectivity index (χ0n) is 15.2. The fraction of sp³-hybridized carbons (Fsp3) is 0.556. The molecule has 25 heavy (non-hydrogen) atoms. The largest absolute Gasteiger partial charge is 0.493 e. The number of benzene rings is 1. The lowest BCUT2D eigenvalue weighted by atomic mass is 10.2. The molecule has 1 aromatic carbocycles. The van der Waals surface area contributed by atoms with Crippen molar-refractivity contribution in [3.8, 4) is 5.75 Å². The van der Waals surface area contributed by atoms with Crippen molar-refractivity contribution in [3.05, 3.63) is 27.3 Å². The molecule has 0 fully saturated rings. The summed E-state index contributed by atoms with van der Waals surface area (Å²) in [5.74, 6) is 0.124. The van der Waals surface area contributed by atoms with Crippen LogP contribution in [0.15, 0.2) is 18.2 Å². The number of unbranched alkanes of at least 4 members (excludes halogenated alkanes) is 2. The van der Waals surface area contributed by atoms with E-state index in [2.05, 4.69) is 27.9 Å². The third kappa shape index (κ3) is 8.94. The average molecular weight is 463 g/mol. The number of halogens is 1. The van der Waals surface area contributed by atoms with Crippen molar-refractivity contribution >= 4 is 34.7 Å². The maximum absolute atomic E-state index is 11.7. The van der Waals surface area contributed by atoms with Crippen molar-refractivity contribution in [3.63, 3.8) is 0 Å². The third-order valence-electron chi connectivity index (χ3n) is 3.10. The fourth-order valence-electron chi connectivity index (χ4n) is 1.98. The number of carbonyl (C=O) groups is 2. The Morgan fingerprint density at radius 1 is 1.16 bits per heavy atom.